The average Bonchev–Trinajstić information content (AvgIpc) is 2.44. The molecule has 2 rings (SSSR count). The van der Waals surface area contributed by atoms with Crippen molar-refractivity contribution in [3.8, 4) is 5.75 Å². The van der Waals surface area contributed by atoms with Gasteiger partial charge in [-0.3, -0.25) is 0 Å². The Labute approximate surface area is 121 Å². The molecule has 5 heteroatoms. The summed E-state index contributed by atoms with van der Waals surface area (Å²) in [5, 5.41) is 3.03. The normalized spacial score (nSPS) is 12.2. The monoisotopic (exact) mass is 295 g/mol. The van der Waals surface area contributed by atoms with Gasteiger partial charge in [0.1, 0.15) is 23.2 Å². The van der Waals surface area contributed by atoms with E-state index in [4.69, 9.17) is 4.74 Å². The van der Waals surface area contributed by atoms with Gasteiger partial charge in [0.15, 0.2) is 0 Å². The van der Waals surface area contributed by atoms with Crippen molar-refractivity contribution in [1.29, 1.82) is 0 Å². The molecular formula is C16H16F3NO. The quantitative estimate of drug-likeness (QED) is 0.905. The van der Waals surface area contributed by atoms with Gasteiger partial charge in [0.05, 0.1) is 13.2 Å². The molecule has 0 amide bonds. The fourth-order valence-electron chi connectivity index (χ4n) is 2.22. The minimum atomic E-state index is -0.693. The lowest BCUT2D eigenvalue weighted by atomic mass is 9.97. The van der Waals surface area contributed by atoms with E-state index in [9.17, 15) is 13.2 Å². The molecule has 0 aromatic heterocycles. The summed E-state index contributed by atoms with van der Waals surface area (Å²) in [5.41, 5.74) is 0.640. The van der Waals surface area contributed by atoms with Crippen molar-refractivity contribution >= 4 is 0 Å². The van der Waals surface area contributed by atoms with Gasteiger partial charge < -0.3 is 10.1 Å². The molecule has 0 saturated carbocycles. The van der Waals surface area contributed by atoms with Crippen molar-refractivity contribution in [3.63, 3.8) is 0 Å². The molecule has 112 valence electrons. The maximum Gasteiger partial charge on any atom is 0.132 e. The van der Waals surface area contributed by atoms with Crippen molar-refractivity contribution in [3.05, 3.63) is 65.0 Å². The van der Waals surface area contributed by atoms with E-state index in [2.05, 4.69) is 5.32 Å². The summed E-state index contributed by atoms with van der Waals surface area (Å²) >= 11 is 0. The predicted molar refractivity (Wildman–Crippen MR) is 74.8 cm³/mol. The Morgan fingerprint density at radius 1 is 1.05 bits per heavy atom. The molecule has 0 radical (unpaired) electrons. The van der Waals surface area contributed by atoms with Gasteiger partial charge in [0, 0.05) is 17.7 Å². The van der Waals surface area contributed by atoms with Crippen LogP contribution in [0, 0.1) is 17.5 Å². The predicted octanol–water partition coefficient (Wildman–Crippen LogP) is 3.81. The van der Waals surface area contributed by atoms with Crippen LogP contribution in [0.5, 0.6) is 5.75 Å². The number of ether oxygens (including phenoxy) is 1. The Morgan fingerprint density at radius 2 is 1.71 bits per heavy atom. The molecule has 1 unspecified atom stereocenters. The van der Waals surface area contributed by atoms with Gasteiger partial charge in [-0.2, -0.15) is 0 Å². The zero-order chi connectivity index (χ0) is 15.4. The smallest absolute Gasteiger partial charge is 0.132 e. The van der Waals surface area contributed by atoms with Crippen LogP contribution in [0.15, 0.2) is 36.4 Å². The molecule has 0 spiro atoms. The summed E-state index contributed by atoms with van der Waals surface area (Å²) in [7, 11) is 1.44. The number of hydrogen-bond donors (Lipinski definition) is 1. The topological polar surface area (TPSA) is 21.3 Å². The van der Waals surface area contributed by atoms with Crippen LogP contribution in [0.1, 0.15) is 24.1 Å². The van der Waals surface area contributed by atoms with Crippen LogP contribution in [-0.4, -0.2) is 13.7 Å². The number of nitrogens with one attached hydrogen (secondary N) is 1. The molecule has 2 aromatic rings. The van der Waals surface area contributed by atoms with Crippen molar-refractivity contribution in [2.75, 3.05) is 13.7 Å². The van der Waals surface area contributed by atoms with E-state index in [-0.39, 0.29) is 0 Å². The second kappa shape index (κ2) is 6.63. The molecule has 0 heterocycles. The lowest BCUT2D eigenvalue weighted by Crippen LogP contribution is -2.23. The largest absolute Gasteiger partial charge is 0.497 e. The third-order valence-corrected chi connectivity index (χ3v) is 3.15. The van der Waals surface area contributed by atoms with Gasteiger partial charge in [0.25, 0.3) is 0 Å². The summed E-state index contributed by atoms with van der Waals surface area (Å²) in [6, 6.07) is 6.95. The zero-order valence-electron chi connectivity index (χ0n) is 11.8. The van der Waals surface area contributed by atoms with E-state index < -0.39 is 23.5 Å². The second-order valence-corrected chi connectivity index (χ2v) is 4.58. The molecule has 21 heavy (non-hydrogen) atoms. The molecule has 0 fully saturated rings. The number of halogens is 3. The van der Waals surface area contributed by atoms with E-state index in [0.717, 1.165) is 6.07 Å². The summed E-state index contributed by atoms with van der Waals surface area (Å²) in [4.78, 5) is 0. The highest BCUT2D eigenvalue weighted by Gasteiger charge is 2.19. The molecule has 0 aliphatic rings. The molecule has 0 bridgehead atoms. The van der Waals surface area contributed by atoms with E-state index in [1.54, 1.807) is 12.1 Å². The number of rotatable bonds is 5. The van der Waals surface area contributed by atoms with E-state index in [1.807, 2.05) is 6.92 Å². The Bertz CT molecular complexity index is 611. The Kier molecular flexibility index (Phi) is 4.85. The van der Waals surface area contributed by atoms with Gasteiger partial charge in [-0.25, -0.2) is 13.2 Å². The third-order valence-electron chi connectivity index (χ3n) is 3.15. The maximum absolute atomic E-state index is 14.2. The minimum Gasteiger partial charge on any atom is -0.497 e. The summed E-state index contributed by atoms with van der Waals surface area (Å²) in [5.74, 6) is -1.49. The Morgan fingerprint density at radius 3 is 2.24 bits per heavy atom. The average molecular weight is 295 g/mol. The molecule has 2 nitrogen and oxygen atoms in total. The van der Waals surface area contributed by atoms with Crippen LogP contribution >= 0.6 is 0 Å². The summed E-state index contributed by atoms with van der Waals surface area (Å²) in [6.07, 6.45) is 0. The van der Waals surface area contributed by atoms with E-state index in [1.165, 1.54) is 25.3 Å². The third kappa shape index (κ3) is 3.55. The SMILES string of the molecule is CCNC(c1cc(F)cc(F)c1)c1ccc(OC)cc1F. The summed E-state index contributed by atoms with van der Waals surface area (Å²) in [6.45, 7) is 2.36. The lowest BCUT2D eigenvalue weighted by molar-refractivity contribution is 0.410. The van der Waals surface area contributed by atoms with Gasteiger partial charge in [-0.1, -0.05) is 13.0 Å². The Hall–Kier alpha value is -2.01. The lowest BCUT2D eigenvalue weighted by Gasteiger charge is -2.20. The summed E-state index contributed by atoms with van der Waals surface area (Å²) < 4.78 is 45.9. The zero-order valence-corrected chi connectivity index (χ0v) is 11.8. The molecule has 0 saturated heterocycles. The van der Waals surface area contributed by atoms with Crippen LogP contribution in [0.4, 0.5) is 13.2 Å². The number of benzene rings is 2. The number of methoxy groups -OCH3 is 1. The van der Waals surface area contributed by atoms with Gasteiger partial charge in [-0.15, -0.1) is 0 Å². The highest BCUT2D eigenvalue weighted by Crippen LogP contribution is 2.28. The van der Waals surface area contributed by atoms with Crippen molar-refractivity contribution in [1.82, 2.24) is 5.32 Å². The van der Waals surface area contributed by atoms with Gasteiger partial charge in [0.2, 0.25) is 0 Å². The number of hydrogen-bond acceptors (Lipinski definition) is 2. The maximum atomic E-state index is 14.2. The molecule has 2 aromatic carbocycles. The van der Waals surface area contributed by atoms with Crippen LogP contribution in [0.25, 0.3) is 0 Å². The van der Waals surface area contributed by atoms with Crippen molar-refractivity contribution in [2.45, 2.75) is 13.0 Å². The molecule has 0 aliphatic heterocycles. The first kappa shape index (κ1) is 15.4. The molecule has 0 aliphatic carbocycles. The first-order valence-electron chi connectivity index (χ1n) is 6.58. The first-order chi connectivity index (χ1) is 10.0. The van der Waals surface area contributed by atoms with E-state index in [0.29, 0.717) is 23.4 Å². The molecular weight excluding hydrogens is 279 g/mol. The fourth-order valence-corrected chi connectivity index (χ4v) is 2.22. The fraction of sp³-hybridized carbons (Fsp3) is 0.250. The minimum absolute atomic E-state index is 0.308. The second-order valence-electron chi connectivity index (χ2n) is 4.58. The Balaban J connectivity index is 2.47. The van der Waals surface area contributed by atoms with Gasteiger partial charge in [-0.05, 0) is 30.3 Å². The highest BCUT2D eigenvalue weighted by molar-refractivity contribution is 5.37. The van der Waals surface area contributed by atoms with Crippen LogP contribution in [-0.2, 0) is 0 Å². The van der Waals surface area contributed by atoms with E-state index >= 15 is 0 Å². The first-order valence-corrected chi connectivity index (χ1v) is 6.58. The van der Waals surface area contributed by atoms with Crippen molar-refractivity contribution in [2.24, 2.45) is 0 Å². The molecule has 1 N–H and O–H groups in total. The van der Waals surface area contributed by atoms with Crippen molar-refractivity contribution < 1.29 is 17.9 Å². The highest BCUT2D eigenvalue weighted by atomic mass is 19.1. The van der Waals surface area contributed by atoms with Crippen LogP contribution in [0.3, 0.4) is 0 Å². The van der Waals surface area contributed by atoms with Gasteiger partial charge >= 0.3 is 0 Å². The van der Waals surface area contributed by atoms with Crippen LogP contribution in [0.2, 0.25) is 0 Å². The molecule has 1 atom stereocenters. The van der Waals surface area contributed by atoms with Crippen LogP contribution < -0.4 is 10.1 Å². The standard InChI is InChI=1S/C16H16F3NO/c1-3-20-16(10-6-11(17)8-12(18)7-10)14-5-4-13(21-2)9-15(14)19/h4-9,16,20H,3H2,1-2H3.